The molecule has 3 aliphatic rings. The quantitative estimate of drug-likeness (QED) is 0.161. The lowest BCUT2D eigenvalue weighted by Gasteiger charge is -2.14. The van der Waals surface area contributed by atoms with Crippen LogP contribution in [-0.2, 0) is 0 Å². The minimum atomic E-state index is -1.12. The highest BCUT2D eigenvalue weighted by molar-refractivity contribution is 5.65. The first-order valence-corrected chi connectivity index (χ1v) is 13.6. The van der Waals surface area contributed by atoms with E-state index in [0.717, 1.165) is 0 Å². The van der Waals surface area contributed by atoms with E-state index in [4.69, 9.17) is 28.4 Å². The van der Waals surface area contributed by atoms with Gasteiger partial charge in [0.05, 0.1) is 29.5 Å². The number of hydrogen-bond donors (Lipinski definition) is 0. The highest BCUT2D eigenvalue weighted by Crippen LogP contribution is 2.47. The largest absolute Gasteiger partial charge is 0.417 e. The van der Waals surface area contributed by atoms with Crippen molar-refractivity contribution in [3.05, 3.63) is 97.1 Å². The summed E-state index contributed by atoms with van der Waals surface area (Å²) in [7, 11) is 0. The molecule has 0 atom stereocenters. The molecule has 3 aromatic carbocycles. The van der Waals surface area contributed by atoms with Gasteiger partial charge in [-0.15, -0.1) is 29.9 Å². The normalized spacial score (nSPS) is 12.0. The van der Waals surface area contributed by atoms with E-state index in [1.807, 2.05) is 0 Å². The lowest BCUT2D eigenvalue weighted by molar-refractivity contribution is -0.395. The van der Waals surface area contributed by atoms with E-state index in [2.05, 4.69) is 29.9 Å². The second-order valence-corrected chi connectivity index (χ2v) is 9.88. The van der Waals surface area contributed by atoms with Gasteiger partial charge in [-0.3, -0.25) is 60.7 Å². The van der Waals surface area contributed by atoms with Gasteiger partial charge in [0.1, 0.15) is 18.2 Å². The van der Waals surface area contributed by atoms with Crippen LogP contribution in [0.5, 0.6) is 70.6 Å². The van der Waals surface area contributed by atoms with E-state index in [-0.39, 0.29) is 0 Å². The number of nitro groups is 6. The van der Waals surface area contributed by atoms with Gasteiger partial charge in [-0.2, -0.15) is 0 Å². The first-order chi connectivity index (χ1) is 25.6. The Kier molecular flexibility index (Phi) is 7.62. The van der Waals surface area contributed by atoms with Crippen LogP contribution in [0.1, 0.15) is 0 Å². The van der Waals surface area contributed by atoms with Crippen molar-refractivity contribution in [2.45, 2.75) is 0 Å². The predicted octanol–water partition coefficient (Wildman–Crippen LogP) is 4.89. The fraction of sp³-hybridized carbons (Fsp3) is 0. The van der Waals surface area contributed by atoms with Gasteiger partial charge in [0.15, 0.2) is 0 Å². The molecule has 0 amide bonds. The molecule has 3 aliphatic heterocycles. The van der Waals surface area contributed by atoms with Crippen LogP contribution in [0, 0.1) is 60.7 Å². The Bertz CT molecular complexity index is 2110. The van der Waals surface area contributed by atoms with Crippen molar-refractivity contribution in [2.75, 3.05) is 0 Å². The van der Waals surface area contributed by atoms with E-state index in [1.54, 1.807) is 0 Å². The summed E-state index contributed by atoms with van der Waals surface area (Å²) in [6.45, 7) is 0. The van der Waals surface area contributed by atoms with Crippen LogP contribution >= 0.6 is 0 Å². The number of ether oxygens (including phenoxy) is 6. The highest BCUT2D eigenvalue weighted by Gasteiger charge is 2.34. The number of hydrogen-bond acceptors (Lipinski definition) is 24. The Labute approximate surface area is 290 Å². The molecule has 54 heavy (non-hydrogen) atoms. The van der Waals surface area contributed by atoms with Crippen molar-refractivity contribution in [2.24, 2.45) is 0 Å². The number of nitro benzene ring substituents is 6. The summed E-state index contributed by atoms with van der Waals surface area (Å²) in [5.74, 6) is -5.35. The zero-order valence-corrected chi connectivity index (χ0v) is 25.2. The SMILES string of the molecule is O=[N+]([O-])c1cc([N+](=O)[O-])c2cc1Oc1nc3nc(n1)Oc1cc(c([N+](=O)[O-])cc1[N+](=O)[O-])Oc1nc(nc(n1)Oc1cc(c([N+](=O)[O-])cc1[N+](=O)[O-])O3)O2. The summed E-state index contributed by atoms with van der Waals surface area (Å²) in [5.41, 5.74) is -6.60. The molecule has 0 spiro atoms. The molecule has 0 radical (unpaired) electrons. The molecule has 0 unspecified atom stereocenters. The monoisotopic (exact) mass is 750 g/mol. The lowest BCUT2D eigenvalue weighted by Crippen LogP contribution is -2.07. The van der Waals surface area contributed by atoms with Crippen LogP contribution in [0.2, 0.25) is 0 Å². The predicted molar refractivity (Wildman–Crippen MR) is 159 cm³/mol. The van der Waals surface area contributed by atoms with Crippen LogP contribution in [0.15, 0.2) is 36.4 Å². The average Bonchev–Trinajstić information content (AvgIpc) is 3.06. The van der Waals surface area contributed by atoms with Crippen LogP contribution in [0.3, 0.4) is 0 Å². The summed E-state index contributed by atoms with van der Waals surface area (Å²) in [4.78, 5) is 87.7. The van der Waals surface area contributed by atoms with E-state index in [1.165, 1.54) is 0 Å². The number of nitrogens with zero attached hydrogens (tertiary/aromatic N) is 12. The Morgan fingerprint density at radius 2 is 0.444 bits per heavy atom. The van der Waals surface area contributed by atoms with Gasteiger partial charge in [-0.25, -0.2) is 0 Å². The van der Waals surface area contributed by atoms with Gasteiger partial charge in [-0.1, -0.05) is 0 Å². The van der Waals surface area contributed by atoms with E-state index >= 15 is 0 Å². The summed E-state index contributed by atoms with van der Waals surface area (Å²) >= 11 is 0. The molecule has 0 saturated heterocycles. The molecular weight excluding hydrogens is 744 g/mol. The highest BCUT2D eigenvalue weighted by atomic mass is 16.7. The van der Waals surface area contributed by atoms with Gasteiger partial charge in [-0.05, 0) is 0 Å². The van der Waals surface area contributed by atoms with E-state index in [9.17, 15) is 60.7 Å². The maximum absolute atomic E-state index is 12.0. The molecule has 8 rings (SSSR count). The Morgan fingerprint density at radius 1 is 0.296 bits per heavy atom. The second-order valence-electron chi connectivity index (χ2n) is 9.88. The molecule has 0 aliphatic carbocycles. The fourth-order valence-electron chi connectivity index (χ4n) is 4.47. The molecule has 270 valence electrons. The third kappa shape index (κ3) is 6.12. The maximum Gasteiger partial charge on any atom is 0.331 e. The third-order valence-corrected chi connectivity index (χ3v) is 6.66. The zero-order valence-electron chi connectivity index (χ0n) is 25.2. The first-order valence-electron chi connectivity index (χ1n) is 13.6. The minimum Gasteiger partial charge on any atom is -0.417 e. The van der Waals surface area contributed by atoms with Crippen molar-refractivity contribution in [1.82, 2.24) is 29.9 Å². The van der Waals surface area contributed by atoms with Crippen LogP contribution in [0.4, 0.5) is 34.1 Å². The third-order valence-electron chi connectivity index (χ3n) is 6.66. The molecule has 5 aromatic rings. The molecule has 0 saturated carbocycles. The molecule has 2 aromatic heterocycles. The standard InChI is InChI=1S/C24H6N12O18/c37-31(38)7-1-8(32(39)40)14-4-13(7)49-19-25-21-29-23(27-19)53-17-6-18(12(36(47)48)3-11(17)35(45)46)54-24-28-20(50-14)26-22(30-24)52-16-5-15(51-21)9(33(41)42)2-10(16)34(43)44/h1-6H. The van der Waals surface area contributed by atoms with Crippen LogP contribution in [-0.4, -0.2) is 59.4 Å². The Hall–Kier alpha value is -9.12. The average molecular weight is 750 g/mol. The second kappa shape index (κ2) is 12.3. The molecular formula is C24H6N12O18. The summed E-state index contributed by atoms with van der Waals surface area (Å²) in [5, 5.41) is 72.0. The van der Waals surface area contributed by atoms with Gasteiger partial charge >= 0.3 is 70.2 Å². The summed E-state index contributed by atoms with van der Waals surface area (Å²) in [6, 6.07) is -3.48. The van der Waals surface area contributed by atoms with Crippen molar-refractivity contribution in [3.63, 3.8) is 0 Å². The van der Waals surface area contributed by atoms with Crippen molar-refractivity contribution in [3.8, 4) is 70.6 Å². The molecule has 30 heteroatoms. The number of rotatable bonds is 6. The Morgan fingerprint density at radius 3 is 0.574 bits per heavy atom. The topological polar surface area (TPSA) is 392 Å². The van der Waals surface area contributed by atoms with Crippen molar-refractivity contribution in [1.29, 1.82) is 0 Å². The summed E-state index contributed by atoms with van der Waals surface area (Å²) < 4.78 is 32.7. The van der Waals surface area contributed by atoms with Crippen molar-refractivity contribution < 1.29 is 58.0 Å². The Balaban J connectivity index is 1.61. The molecule has 30 nitrogen and oxygen atoms in total. The van der Waals surface area contributed by atoms with E-state index in [0.29, 0.717) is 36.4 Å². The zero-order chi connectivity index (χ0) is 38.6. The van der Waals surface area contributed by atoms with Crippen LogP contribution in [0.25, 0.3) is 0 Å². The number of benzene rings is 3. The first kappa shape index (κ1) is 33.4. The maximum atomic E-state index is 12.0. The number of aromatic nitrogens is 6. The van der Waals surface area contributed by atoms with Crippen molar-refractivity contribution >= 4 is 34.1 Å². The molecule has 12 bridgehead atoms. The lowest BCUT2D eigenvalue weighted by atomic mass is 10.2. The molecule has 5 heterocycles. The van der Waals surface area contributed by atoms with E-state index < -0.39 is 134 Å². The van der Waals surface area contributed by atoms with Gasteiger partial charge in [0.25, 0.3) is 0 Å². The minimum absolute atomic E-state index is 0.373. The van der Waals surface area contributed by atoms with Crippen LogP contribution < -0.4 is 28.4 Å². The van der Waals surface area contributed by atoms with Gasteiger partial charge in [0, 0.05) is 18.2 Å². The van der Waals surface area contributed by atoms with Gasteiger partial charge in [0.2, 0.25) is 34.5 Å². The molecule has 0 N–H and O–H groups in total. The fourth-order valence-corrected chi connectivity index (χ4v) is 4.47. The van der Waals surface area contributed by atoms with Gasteiger partial charge < -0.3 is 28.4 Å². The smallest absolute Gasteiger partial charge is 0.331 e. The summed E-state index contributed by atoms with van der Waals surface area (Å²) in [6.07, 6.45) is 0. The molecule has 0 fully saturated rings.